The molecule has 1 saturated carbocycles. The first-order valence-corrected chi connectivity index (χ1v) is 3.45. The van der Waals surface area contributed by atoms with Crippen molar-refractivity contribution in [2.45, 2.75) is 31.8 Å². The van der Waals surface area contributed by atoms with Gasteiger partial charge in [-0.1, -0.05) is 0 Å². The lowest BCUT2D eigenvalue weighted by Crippen LogP contribution is -2.17. The summed E-state index contributed by atoms with van der Waals surface area (Å²) in [5, 5.41) is 0. The van der Waals surface area contributed by atoms with Gasteiger partial charge >= 0.3 is 0 Å². The minimum atomic E-state index is 0.345. The Balaban J connectivity index is 2.04. The maximum Gasteiger partial charge on any atom is 0.0687 e. The van der Waals surface area contributed by atoms with Gasteiger partial charge in [0.05, 0.1) is 5.60 Å². The molecule has 0 bridgehead atoms. The van der Waals surface area contributed by atoms with Gasteiger partial charge < -0.3 is 4.74 Å². The molecular formula is C7H12O. The summed E-state index contributed by atoms with van der Waals surface area (Å²) in [4.78, 5) is 0. The van der Waals surface area contributed by atoms with Crippen LogP contribution in [0.5, 0.6) is 0 Å². The van der Waals surface area contributed by atoms with Crippen LogP contribution in [0.2, 0.25) is 0 Å². The molecule has 1 unspecified atom stereocenters. The molecule has 0 aromatic heterocycles. The van der Waals surface area contributed by atoms with Gasteiger partial charge in [-0.15, -0.1) is 0 Å². The molecule has 1 heterocycles. The molecule has 2 rings (SSSR count). The third-order valence-electron chi connectivity index (χ3n) is 2.48. The number of fused-ring (bicyclic) bond motifs is 1. The minimum Gasteiger partial charge on any atom is -0.375 e. The molecule has 46 valence electrons. The monoisotopic (exact) mass is 112 g/mol. The van der Waals surface area contributed by atoms with Gasteiger partial charge in [0.2, 0.25) is 0 Å². The summed E-state index contributed by atoms with van der Waals surface area (Å²) in [5.41, 5.74) is 0.345. The lowest BCUT2D eigenvalue weighted by Gasteiger charge is -2.17. The third-order valence-corrected chi connectivity index (χ3v) is 2.48. The van der Waals surface area contributed by atoms with Crippen molar-refractivity contribution < 1.29 is 4.74 Å². The van der Waals surface area contributed by atoms with E-state index in [0.29, 0.717) is 5.60 Å². The van der Waals surface area contributed by atoms with E-state index in [4.69, 9.17) is 4.74 Å². The first kappa shape index (κ1) is 4.80. The van der Waals surface area contributed by atoms with Crippen LogP contribution in [0.25, 0.3) is 0 Å². The highest BCUT2D eigenvalue weighted by molar-refractivity contribution is 5.02. The van der Waals surface area contributed by atoms with E-state index in [9.17, 15) is 0 Å². The normalized spacial score (nSPS) is 52.9. The van der Waals surface area contributed by atoms with E-state index < -0.39 is 0 Å². The standard InChI is InChI=1S/C7H12O/c1-7-5-6(7)3-2-4-8-7/h6H,2-5H2,1H3/t6-,7?/m0/s1. The second-order valence-corrected chi connectivity index (χ2v) is 3.20. The SMILES string of the molecule is CC12C[C@@H]1CCCO2. The molecule has 1 aliphatic heterocycles. The molecule has 8 heavy (non-hydrogen) atoms. The van der Waals surface area contributed by atoms with Crippen LogP contribution < -0.4 is 0 Å². The van der Waals surface area contributed by atoms with Gasteiger partial charge in [-0.05, 0) is 32.1 Å². The Bertz CT molecular complexity index is 109. The Labute approximate surface area is 50.0 Å². The average Bonchev–Trinajstić information content (AvgIpc) is 2.39. The molecule has 0 amide bonds. The molecule has 0 radical (unpaired) electrons. The Morgan fingerprint density at radius 1 is 1.62 bits per heavy atom. The van der Waals surface area contributed by atoms with E-state index in [0.717, 1.165) is 12.5 Å². The molecule has 0 spiro atoms. The van der Waals surface area contributed by atoms with E-state index >= 15 is 0 Å². The van der Waals surface area contributed by atoms with Crippen molar-refractivity contribution in [1.82, 2.24) is 0 Å². The minimum absolute atomic E-state index is 0.345. The van der Waals surface area contributed by atoms with Gasteiger partial charge in [-0.25, -0.2) is 0 Å². The summed E-state index contributed by atoms with van der Waals surface area (Å²) in [7, 11) is 0. The fourth-order valence-corrected chi connectivity index (χ4v) is 1.65. The van der Waals surface area contributed by atoms with Crippen molar-refractivity contribution in [3.63, 3.8) is 0 Å². The number of rotatable bonds is 0. The van der Waals surface area contributed by atoms with E-state index in [-0.39, 0.29) is 0 Å². The molecule has 0 N–H and O–H groups in total. The molecule has 0 aromatic carbocycles. The van der Waals surface area contributed by atoms with Crippen molar-refractivity contribution in [2.75, 3.05) is 6.61 Å². The molecule has 0 aromatic rings. The van der Waals surface area contributed by atoms with E-state index in [1.54, 1.807) is 0 Å². The summed E-state index contributed by atoms with van der Waals surface area (Å²) in [6.07, 6.45) is 4.03. The van der Waals surface area contributed by atoms with Crippen LogP contribution >= 0.6 is 0 Å². The Kier molecular flexibility index (Phi) is 0.762. The maximum atomic E-state index is 5.54. The quantitative estimate of drug-likeness (QED) is 0.462. The van der Waals surface area contributed by atoms with Crippen molar-refractivity contribution in [1.29, 1.82) is 0 Å². The Hall–Kier alpha value is -0.0400. The van der Waals surface area contributed by atoms with Gasteiger partial charge in [-0.3, -0.25) is 0 Å². The number of hydrogen-bond acceptors (Lipinski definition) is 1. The summed E-state index contributed by atoms with van der Waals surface area (Å²) < 4.78 is 5.54. The molecule has 1 saturated heterocycles. The van der Waals surface area contributed by atoms with E-state index in [1.807, 2.05) is 0 Å². The molecule has 1 aliphatic carbocycles. The first-order valence-electron chi connectivity index (χ1n) is 3.45. The van der Waals surface area contributed by atoms with E-state index in [1.165, 1.54) is 19.3 Å². The molecular weight excluding hydrogens is 100 g/mol. The molecule has 2 atom stereocenters. The smallest absolute Gasteiger partial charge is 0.0687 e. The van der Waals surface area contributed by atoms with Crippen molar-refractivity contribution in [2.24, 2.45) is 5.92 Å². The topological polar surface area (TPSA) is 9.23 Å². The van der Waals surface area contributed by atoms with Gasteiger partial charge in [0.15, 0.2) is 0 Å². The highest BCUT2D eigenvalue weighted by Crippen LogP contribution is 2.51. The van der Waals surface area contributed by atoms with Crippen LogP contribution in [0.15, 0.2) is 0 Å². The highest BCUT2D eigenvalue weighted by Gasteiger charge is 2.52. The van der Waals surface area contributed by atoms with Gasteiger partial charge in [0.1, 0.15) is 0 Å². The summed E-state index contributed by atoms with van der Waals surface area (Å²) in [6.45, 7) is 3.24. The second-order valence-electron chi connectivity index (χ2n) is 3.20. The average molecular weight is 112 g/mol. The predicted molar refractivity (Wildman–Crippen MR) is 31.7 cm³/mol. The van der Waals surface area contributed by atoms with Gasteiger partial charge in [-0.2, -0.15) is 0 Å². The molecule has 2 aliphatic rings. The lowest BCUT2D eigenvalue weighted by atomic mass is 10.1. The maximum absolute atomic E-state index is 5.54. The van der Waals surface area contributed by atoms with Gasteiger partial charge in [0.25, 0.3) is 0 Å². The third kappa shape index (κ3) is 0.510. The van der Waals surface area contributed by atoms with Crippen LogP contribution in [0.3, 0.4) is 0 Å². The second kappa shape index (κ2) is 1.27. The van der Waals surface area contributed by atoms with E-state index in [2.05, 4.69) is 6.92 Å². The van der Waals surface area contributed by atoms with Crippen LogP contribution in [0.4, 0.5) is 0 Å². The molecule has 1 nitrogen and oxygen atoms in total. The first-order chi connectivity index (χ1) is 3.81. The van der Waals surface area contributed by atoms with Crippen molar-refractivity contribution in [3.8, 4) is 0 Å². The van der Waals surface area contributed by atoms with Gasteiger partial charge in [0, 0.05) is 6.61 Å². The summed E-state index contributed by atoms with van der Waals surface area (Å²) >= 11 is 0. The summed E-state index contributed by atoms with van der Waals surface area (Å²) in [5.74, 6) is 0.927. The van der Waals surface area contributed by atoms with Crippen molar-refractivity contribution >= 4 is 0 Å². The largest absolute Gasteiger partial charge is 0.375 e. The fourth-order valence-electron chi connectivity index (χ4n) is 1.65. The highest BCUT2D eigenvalue weighted by atomic mass is 16.5. The zero-order valence-corrected chi connectivity index (χ0v) is 5.31. The van der Waals surface area contributed by atoms with Crippen molar-refractivity contribution in [3.05, 3.63) is 0 Å². The Morgan fingerprint density at radius 3 is 3.00 bits per heavy atom. The Morgan fingerprint density at radius 2 is 2.50 bits per heavy atom. The predicted octanol–water partition coefficient (Wildman–Crippen LogP) is 1.58. The van der Waals surface area contributed by atoms with Crippen LogP contribution in [0, 0.1) is 5.92 Å². The lowest BCUT2D eigenvalue weighted by molar-refractivity contribution is 0.00832. The number of ether oxygens (including phenoxy) is 1. The molecule has 1 heteroatoms. The zero-order valence-electron chi connectivity index (χ0n) is 5.31. The molecule has 2 fully saturated rings. The fraction of sp³-hybridized carbons (Fsp3) is 1.00. The van der Waals surface area contributed by atoms with Crippen LogP contribution in [-0.4, -0.2) is 12.2 Å². The zero-order chi connectivity index (χ0) is 5.61. The summed E-state index contributed by atoms with van der Waals surface area (Å²) in [6, 6.07) is 0. The van der Waals surface area contributed by atoms with Crippen LogP contribution in [-0.2, 0) is 4.74 Å². The van der Waals surface area contributed by atoms with Crippen LogP contribution in [0.1, 0.15) is 26.2 Å². The number of hydrogen-bond donors (Lipinski definition) is 0.